The smallest absolute Gasteiger partial charge is 0.407 e. The molecule has 7 heteroatoms. The normalized spacial score (nSPS) is 23.2. The van der Waals surface area contributed by atoms with Gasteiger partial charge in [-0.05, 0) is 47.9 Å². The van der Waals surface area contributed by atoms with Crippen molar-refractivity contribution >= 4 is 18.0 Å². The van der Waals surface area contributed by atoms with E-state index in [1.165, 1.54) is 0 Å². The molecule has 34 heavy (non-hydrogen) atoms. The number of hydrogen-bond acceptors (Lipinski definition) is 4. The summed E-state index contributed by atoms with van der Waals surface area (Å²) in [6, 6.07) is 15.0. The molecule has 0 saturated carbocycles. The molecule has 1 aliphatic carbocycles. The van der Waals surface area contributed by atoms with E-state index >= 15 is 0 Å². The molecule has 0 spiro atoms. The lowest BCUT2D eigenvalue weighted by atomic mass is 9.89. The second-order valence-corrected chi connectivity index (χ2v) is 9.27. The van der Waals surface area contributed by atoms with Gasteiger partial charge in [0.05, 0.1) is 5.92 Å². The molecule has 2 heterocycles. The van der Waals surface area contributed by atoms with Crippen LogP contribution < -0.4 is 5.32 Å². The Morgan fingerprint density at radius 2 is 1.74 bits per heavy atom. The summed E-state index contributed by atoms with van der Waals surface area (Å²) in [4.78, 5) is 39.3. The van der Waals surface area contributed by atoms with Crippen LogP contribution in [-0.2, 0) is 14.3 Å². The number of benzene rings is 2. The fourth-order valence-corrected chi connectivity index (χ4v) is 5.95. The number of carbonyl (C=O) groups is 3. The van der Waals surface area contributed by atoms with Gasteiger partial charge in [-0.15, -0.1) is 6.58 Å². The molecule has 1 unspecified atom stereocenters. The van der Waals surface area contributed by atoms with Gasteiger partial charge in [0.1, 0.15) is 12.6 Å². The van der Waals surface area contributed by atoms with E-state index in [-0.39, 0.29) is 36.9 Å². The van der Waals surface area contributed by atoms with Gasteiger partial charge in [0, 0.05) is 18.0 Å². The van der Waals surface area contributed by atoms with Crippen LogP contribution in [0.3, 0.4) is 0 Å². The number of carboxylic acids is 1. The molecule has 4 atom stereocenters. The molecule has 7 nitrogen and oxygen atoms in total. The number of fused-ring (bicyclic) bond motifs is 5. The molecule has 2 aromatic rings. The van der Waals surface area contributed by atoms with E-state index in [1.807, 2.05) is 36.4 Å². The van der Waals surface area contributed by atoms with Gasteiger partial charge in [0.2, 0.25) is 5.91 Å². The van der Waals surface area contributed by atoms with Crippen LogP contribution in [0, 0.1) is 5.92 Å². The minimum absolute atomic E-state index is 0.0718. The van der Waals surface area contributed by atoms with Crippen molar-refractivity contribution in [3.05, 3.63) is 72.3 Å². The number of hydrogen-bond donors (Lipinski definition) is 2. The maximum absolute atomic E-state index is 13.3. The van der Waals surface area contributed by atoms with Gasteiger partial charge >= 0.3 is 12.1 Å². The van der Waals surface area contributed by atoms with Crippen LogP contribution in [0.4, 0.5) is 4.79 Å². The van der Waals surface area contributed by atoms with Gasteiger partial charge in [-0.1, -0.05) is 54.6 Å². The maximum atomic E-state index is 13.3. The molecule has 2 fully saturated rings. The van der Waals surface area contributed by atoms with Crippen LogP contribution in [0.25, 0.3) is 11.1 Å². The average molecular weight is 461 g/mol. The number of aliphatic carboxylic acids is 1. The van der Waals surface area contributed by atoms with E-state index in [9.17, 15) is 19.5 Å². The average Bonchev–Trinajstić information content (AvgIpc) is 3.52. The largest absolute Gasteiger partial charge is 0.481 e. The van der Waals surface area contributed by atoms with Crippen molar-refractivity contribution in [3.8, 4) is 11.1 Å². The lowest BCUT2D eigenvalue weighted by Crippen LogP contribution is -2.50. The SMILES string of the molecule is C=CCC(NC(=O)OCC1c2ccccc2-c2ccccc21)C(=O)N1[C@@H]2CC[C@H]1[C@@H](C(=O)O)C2. The first kappa shape index (κ1) is 22.2. The first-order valence-electron chi connectivity index (χ1n) is 11.8. The number of nitrogens with zero attached hydrogens (tertiary/aromatic N) is 1. The van der Waals surface area contributed by atoms with E-state index < -0.39 is 24.0 Å². The van der Waals surface area contributed by atoms with Crippen LogP contribution in [-0.4, -0.2) is 52.7 Å². The van der Waals surface area contributed by atoms with E-state index in [1.54, 1.807) is 11.0 Å². The summed E-state index contributed by atoms with van der Waals surface area (Å²) < 4.78 is 5.61. The van der Waals surface area contributed by atoms with Crippen molar-refractivity contribution in [3.63, 3.8) is 0 Å². The highest BCUT2D eigenvalue weighted by atomic mass is 16.5. The number of carbonyl (C=O) groups excluding carboxylic acids is 2. The molecule has 2 saturated heterocycles. The van der Waals surface area contributed by atoms with Gasteiger partial charge in [0.25, 0.3) is 0 Å². The number of nitrogens with one attached hydrogen (secondary N) is 1. The first-order valence-corrected chi connectivity index (χ1v) is 11.8. The van der Waals surface area contributed by atoms with E-state index in [4.69, 9.17) is 4.74 Å². The number of carboxylic acid groups (broad SMARTS) is 1. The Kier molecular flexibility index (Phi) is 5.86. The minimum atomic E-state index is -0.866. The maximum Gasteiger partial charge on any atom is 0.407 e. The quantitative estimate of drug-likeness (QED) is 0.611. The van der Waals surface area contributed by atoms with Crippen molar-refractivity contribution < 1.29 is 24.2 Å². The Bertz CT molecular complexity index is 1100. The molecule has 0 aromatic heterocycles. The molecule has 3 aliphatic rings. The predicted octanol–water partition coefficient (Wildman–Crippen LogP) is 3.93. The zero-order chi connectivity index (χ0) is 23.8. The second kappa shape index (κ2) is 8.97. The highest BCUT2D eigenvalue weighted by molar-refractivity contribution is 5.88. The molecular formula is C27H28N2O5. The van der Waals surface area contributed by atoms with Gasteiger partial charge in [0.15, 0.2) is 0 Å². The van der Waals surface area contributed by atoms with Gasteiger partial charge < -0.3 is 20.1 Å². The van der Waals surface area contributed by atoms with Crippen LogP contribution >= 0.6 is 0 Å². The zero-order valence-corrected chi connectivity index (χ0v) is 18.9. The van der Waals surface area contributed by atoms with Gasteiger partial charge in [-0.2, -0.15) is 0 Å². The summed E-state index contributed by atoms with van der Waals surface area (Å²) >= 11 is 0. The van der Waals surface area contributed by atoms with E-state index in [2.05, 4.69) is 24.0 Å². The number of rotatable bonds is 7. The number of alkyl carbamates (subject to hydrolysis) is 1. The highest BCUT2D eigenvalue weighted by Gasteiger charge is 2.52. The third-order valence-corrected chi connectivity index (χ3v) is 7.44. The standard InChI is InChI=1S/C27H28N2O5/c1-2-7-23(25(30)29-16-12-13-24(29)21(14-16)26(31)32)28-27(33)34-15-22-19-10-5-3-8-17(19)18-9-4-6-11-20(18)22/h2-6,8-11,16,21-24H,1,7,12-15H2,(H,28,33)(H,31,32)/t16-,21+,23?,24+/m1/s1. The second-order valence-electron chi connectivity index (χ2n) is 9.27. The van der Waals surface area contributed by atoms with Gasteiger partial charge in [-0.3, -0.25) is 9.59 Å². The van der Waals surface area contributed by atoms with Crippen molar-refractivity contribution in [1.82, 2.24) is 10.2 Å². The summed E-state index contributed by atoms with van der Waals surface area (Å²) in [6.07, 6.45) is 3.11. The summed E-state index contributed by atoms with van der Waals surface area (Å²) in [5, 5.41) is 12.2. The molecule has 176 valence electrons. The van der Waals surface area contributed by atoms with Crippen LogP contribution in [0.1, 0.15) is 42.7 Å². The Morgan fingerprint density at radius 3 is 2.32 bits per heavy atom. The lowest BCUT2D eigenvalue weighted by Gasteiger charge is -2.28. The predicted molar refractivity (Wildman–Crippen MR) is 126 cm³/mol. The van der Waals surface area contributed by atoms with E-state index in [0.29, 0.717) is 12.8 Å². The molecule has 2 bridgehead atoms. The Labute approximate surface area is 198 Å². The Hall–Kier alpha value is -3.61. The van der Waals surface area contributed by atoms with Crippen LogP contribution in [0.5, 0.6) is 0 Å². The van der Waals surface area contributed by atoms with Crippen LogP contribution in [0.15, 0.2) is 61.2 Å². The first-order chi connectivity index (χ1) is 16.5. The minimum Gasteiger partial charge on any atom is -0.481 e. The third-order valence-electron chi connectivity index (χ3n) is 7.44. The fourth-order valence-electron chi connectivity index (χ4n) is 5.95. The summed E-state index contributed by atoms with van der Waals surface area (Å²) in [5.41, 5.74) is 4.51. The third kappa shape index (κ3) is 3.75. The van der Waals surface area contributed by atoms with Crippen molar-refractivity contribution in [2.24, 2.45) is 5.92 Å². The van der Waals surface area contributed by atoms with Crippen molar-refractivity contribution in [2.75, 3.05) is 6.61 Å². The Morgan fingerprint density at radius 1 is 1.09 bits per heavy atom. The molecule has 2 aromatic carbocycles. The van der Waals surface area contributed by atoms with Crippen molar-refractivity contribution in [2.45, 2.75) is 49.7 Å². The zero-order valence-electron chi connectivity index (χ0n) is 18.9. The fraction of sp³-hybridized carbons (Fsp3) is 0.370. The summed E-state index contributed by atoms with van der Waals surface area (Å²) in [6.45, 7) is 3.87. The number of amides is 2. The molecular weight excluding hydrogens is 432 g/mol. The highest BCUT2D eigenvalue weighted by Crippen LogP contribution is 2.45. The van der Waals surface area contributed by atoms with Crippen molar-refractivity contribution in [1.29, 1.82) is 0 Å². The van der Waals surface area contributed by atoms with Crippen LogP contribution in [0.2, 0.25) is 0 Å². The molecule has 0 radical (unpaired) electrons. The summed E-state index contributed by atoms with van der Waals surface area (Å²) in [5.74, 6) is -1.74. The number of ether oxygens (including phenoxy) is 1. The van der Waals surface area contributed by atoms with E-state index in [0.717, 1.165) is 28.7 Å². The monoisotopic (exact) mass is 460 g/mol. The summed E-state index contributed by atoms with van der Waals surface area (Å²) in [7, 11) is 0. The topological polar surface area (TPSA) is 95.9 Å². The molecule has 2 aliphatic heterocycles. The molecule has 2 amide bonds. The molecule has 5 rings (SSSR count). The molecule has 2 N–H and O–H groups in total. The Balaban J connectivity index is 1.26. The van der Waals surface area contributed by atoms with Gasteiger partial charge in [-0.25, -0.2) is 4.79 Å². The lowest BCUT2D eigenvalue weighted by molar-refractivity contribution is -0.143.